The van der Waals surface area contributed by atoms with Gasteiger partial charge in [-0.05, 0) is 12.8 Å². The molecule has 0 amide bonds. The lowest BCUT2D eigenvalue weighted by Crippen LogP contribution is -2.37. The number of morpholine rings is 1. The molecule has 1 aliphatic heterocycles. The molecule has 2 heterocycles. The molecule has 0 radical (unpaired) electrons. The number of imidazole rings is 1. The lowest BCUT2D eigenvalue weighted by molar-refractivity contribution is 0.0369. The van der Waals surface area contributed by atoms with Gasteiger partial charge in [0.15, 0.2) is 0 Å². The van der Waals surface area contributed by atoms with Crippen molar-refractivity contribution in [3.05, 3.63) is 12.4 Å². The quantitative estimate of drug-likeness (QED) is 0.686. The van der Waals surface area contributed by atoms with E-state index < -0.39 is 0 Å². The van der Waals surface area contributed by atoms with Crippen LogP contribution in [0.4, 0.5) is 5.95 Å². The Hall–Kier alpha value is -1.11. The zero-order valence-corrected chi connectivity index (χ0v) is 12.4. The third-order valence-electron chi connectivity index (χ3n) is 3.50. The Bertz CT molecular complexity index is 364. The zero-order valence-electron chi connectivity index (χ0n) is 12.4. The molecule has 6 nitrogen and oxygen atoms in total. The molecule has 20 heavy (non-hydrogen) atoms. The van der Waals surface area contributed by atoms with Gasteiger partial charge in [-0.1, -0.05) is 0 Å². The summed E-state index contributed by atoms with van der Waals surface area (Å²) < 4.78 is 12.6. The number of hydrogen-bond donors (Lipinski definition) is 1. The van der Waals surface area contributed by atoms with Crippen LogP contribution in [0.5, 0.6) is 0 Å². The zero-order chi connectivity index (χ0) is 14.0. The lowest BCUT2D eigenvalue weighted by Gasteiger charge is -2.26. The third-order valence-corrected chi connectivity index (χ3v) is 3.50. The van der Waals surface area contributed by atoms with Crippen LogP contribution < -0.4 is 5.32 Å². The van der Waals surface area contributed by atoms with Crippen molar-refractivity contribution in [2.24, 2.45) is 0 Å². The predicted octanol–water partition coefficient (Wildman–Crippen LogP) is 1.05. The summed E-state index contributed by atoms with van der Waals surface area (Å²) in [5.41, 5.74) is 0. The number of ether oxygens (including phenoxy) is 2. The van der Waals surface area contributed by atoms with Crippen molar-refractivity contribution in [3.8, 4) is 0 Å². The largest absolute Gasteiger partial charge is 0.385 e. The Balaban J connectivity index is 1.65. The molecule has 0 saturated carbocycles. The van der Waals surface area contributed by atoms with Gasteiger partial charge >= 0.3 is 0 Å². The van der Waals surface area contributed by atoms with E-state index in [1.807, 2.05) is 12.4 Å². The van der Waals surface area contributed by atoms with Crippen LogP contribution in [-0.2, 0) is 16.0 Å². The number of nitrogens with one attached hydrogen (secondary N) is 1. The summed E-state index contributed by atoms with van der Waals surface area (Å²) in [6.45, 7) is 7.68. The minimum absolute atomic E-state index is 0.782. The average molecular weight is 282 g/mol. The van der Waals surface area contributed by atoms with Gasteiger partial charge in [0.05, 0.1) is 13.2 Å². The van der Waals surface area contributed by atoms with E-state index in [0.29, 0.717) is 0 Å². The van der Waals surface area contributed by atoms with Crippen molar-refractivity contribution in [3.63, 3.8) is 0 Å². The topological polar surface area (TPSA) is 51.5 Å². The highest BCUT2D eigenvalue weighted by atomic mass is 16.5. The van der Waals surface area contributed by atoms with Crippen LogP contribution in [0.15, 0.2) is 12.4 Å². The maximum Gasteiger partial charge on any atom is 0.202 e. The van der Waals surface area contributed by atoms with Crippen molar-refractivity contribution in [2.75, 3.05) is 58.4 Å². The Morgan fingerprint density at radius 3 is 2.95 bits per heavy atom. The molecule has 0 aliphatic carbocycles. The average Bonchev–Trinajstić information content (AvgIpc) is 2.92. The molecule has 0 bridgehead atoms. The third kappa shape index (κ3) is 5.11. The summed E-state index contributed by atoms with van der Waals surface area (Å²) >= 11 is 0. The number of methoxy groups -OCH3 is 1. The van der Waals surface area contributed by atoms with Crippen LogP contribution in [0.3, 0.4) is 0 Å². The van der Waals surface area contributed by atoms with E-state index in [2.05, 4.69) is 19.8 Å². The summed E-state index contributed by atoms with van der Waals surface area (Å²) in [6, 6.07) is 0. The van der Waals surface area contributed by atoms with Gasteiger partial charge in [0.25, 0.3) is 0 Å². The molecular formula is C14H26N4O2. The summed E-state index contributed by atoms with van der Waals surface area (Å²) in [6.07, 6.45) is 6.03. The van der Waals surface area contributed by atoms with Crippen LogP contribution in [0.25, 0.3) is 0 Å². The molecular weight excluding hydrogens is 256 g/mol. The van der Waals surface area contributed by atoms with Gasteiger partial charge in [0.2, 0.25) is 5.95 Å². The molecule has 1 fully saturated rings. The summed E-state index contributed by atoms with van der Waals surface area (Å²) in [5.74, 6) is 0.961. The summed E-state index contributed by atoms with van der Waals surface area (Å²) in [4.78, 5) is 6.82. The first kappa shape index (κ1) is 15.3. The SMILES string of the molecule is COCCCNc1nccn1CCCN1CCOCC1. The molecule has 114 valence electrons. The van der Waals surface area contributed by atoms with Gasteiger partial charge < -0.3 is 19.4 Å². The first-order valence-corrected chi connectivity index (χ1v) is 7.44. The fraction of sp³-hybridized carbons (Fsp3) is 0.786. The van der Waals surface area contributed by atoms with Crippen molar-refractivity contribution < 1.29 is 9.47 Å². The minimum atomic E-state index is 0.782. The highest BCUT2D eigenvalue weighted by molar-refractivity contribution is 5.25. The molecule has 0 atom stereocenters. The smallest absolute Gasteiger partial charge is 0.202 e. The molecule has 1 aromatic rings. The first-order valence-electron chi connectivity index (χ1n) is 7.44. The van der Waals surface area contributed by atoms with Crippen LogP contribution in [-0.4, -0.2) is 67.6 Å². The molecule has 6 heteroatoms. The van der Waals surface area contributed by atoms with Crippen LogP contribution in [0, 0.1) is 0 Å². The van der Waals surface area contributed by atoms with E-state index in [0.717, 1.165) is 71.3 Å². The lowest BCUT2D eigenvalue weighted by atomic mass is 10.3. The standard InChI is InChI=1S/C14H26N4O2/c1-19-11-2-4-15-14-16-5-8-18(14)7-3-6-17-9-12-20-13-10-17/h5,8H,2-4,6-7,9-13H2,1H3,(H,15,16). The van der Waals surface area contributed by atoms with Gasteiger partial charge in [0, 0.05) is 58.8 Å². The predicted molar refractivity (Wildman–Crippen MR) is 79.1 cm³/mol. The number of nitrogens with zero attached hydrogens (tertiary/aromatic N) is 3. The van der Waals surface area contributed by atoms with E-state index in [9.17, 15) is 0 Å². The van der Waals surface area contributed by atoms with Crippen LogP contribution >= 0.6 is 0 Å². The second kappa shape index (κ2) is 8.94. The summed E-state index contributed by atoms with van der Waals surface area (Å²) in [5, 5.41) is 3.35. The molecule has 1 N–H and O–H groups in total. The van der Waals surface area contributed by atoms with Gasteiger partial charge in [0.1, 0.15) is 0 Å². The number of aryl methyl sites for hydroxylation is 1. The maximum absolute atomic E-state index is 5.36. The highest BCUT2D eigenvalue weighted by Crippen LogP contribution is 2.06. The van der Waals surface area contributed by atoms with Gasteiger partial charge in [-0.25, -0.2) is 4.98 Å². The Labute approximate surface area is 121 Å². The Morgan fingerprint density at radius 2 is 2.15 bits per heavy atom. The molecule has 0 aromatic carbocycles. The van der Waals surface area contributed by atoms with E-state index in [-0.39, 0.29) is 0 Å². The summed E-state index contributed by atoms with van der Waals surface area (Å²) in [7, 11) is 1.73. The Kier molecular flexibility index (Phi) is 6.83. The fourth-order valence-electron chi connectivity index (χ4n) is 2.36. The second-order valence-corrected chi connectivity index (χ2v) is 5.02. The van der Waals surface area contributed by atoms with E-state index in [1.54, 1.807) is 7.11 Å². The monoisotopic (exact) mass is 282 g/mol. The number of hydrogen-bond acceptors (Lipinski definition) is 5. The van der Waals surface area contributed by atoms with E-state index in [1.165, 1.54) is 0 Å². The van der Waals surface area contributed by atoms with Crippen LogP contribution in [0.2, 0.25) is 0 Å². The van der Waals surface area contributed by atoms with Crippen LogP contribution in [0.1, 0.15) is 12.8 Å². The van der Waals surface area contributed by atoms with Crippen molar-refractivity contribution in [2.45, 2.75) is 19.4 Å². The normalized spacial score (nSPS) is 16.4. The number of anilines is 1. The molecule has 2 rings (SSSR count). The van der Waals surface area contributed by atoms with Gasteiger partial charge in [-0.2, -0.15) is 0 Å². The van der Waals surface area contributed by atoms with E-state index in [4.69, 9.17) is 9.47 Å². The molecule has 0 spiro atoms. The Morgan fingerprint density at radius 1 is 1.30 bits per heavy atom. The first-order chi connectivity index (χ1) is 9.90. The molecule has 1 aromatic heterocycles. The number of rotatable bonds is 9. The van der Waals surface area contributed by atoms with Crippen molar-refractivity contribution >= 4 is 5.95 Å². The molecule has 1 saturated heterocycles. The van der Waals surface area contributed by atoms with E-state index >= 15 is 0 Å². The number of aromatic nitrogens is 2. The molecule has 0 unspecified atom stereocenters. The maximum atomic E-state index is 5.36. The van der Waals surface area contributed by atoms with Gasteiger partial charge in [-0.3, -0.25) is 4.90 Å². The molecule has 1 aliphatic rings. The van der Waals surface area contributed by atoms with Crippen molar-refractivity contribution in [1.82, 2.24) is 14.5 Å². The minimum Gasteiger partial charge on any atom is -0.385 e. The van der Waals surface area contributed by atoms with Crippen molar-refractivity contribution in [1.29, 1.82) is 0 Å². The van der Waals surface area contributed by atoms with Gasteiger partial charge in [-0.15, -0.1) is 0 Å². The highest BCUT2D eigenvalue weighted by Gasteiger charge is 2.09. The second-order valence-electron chi connectivity index (χ2n) is 5.02. The fourth-order valence-corrected chi connectivity index (χ4v) is 2.36.